The first-order chi connectivity index (χ1) is 20.7. The number of thioether (sulfide) groups is 1. The Morgan fingerprint density at radius 1 is 0.295 bits per heavy atom. The molecule has 0 aliphatic rings. The molecule has 12 nitrogen and oxygen atoms in total. The van der Waals surface area contributed by atoms with E-state index in [0.717, 1.165) is 0 Å². The van der Waals surface area contributed by atoms with Crippen LogP contribution in [0.5, 0.6) is 0 Å². The monoisotopic (exact) mass is 718 g/mol. The Balaban J connectivity index is 0. The van der Waals surface area contributed by atoms with Crippen LogP contribution >= 0.6 is 11.8 Å². The third-order valence-electron chi connectivity index (χ3n) is 5.70. The van der Waals surface area contributed by atoms with Gasteiger partial charge in [0.1, 0.15) is 8.99 Å². The molecule has 0 radical (unpaired) electrons. The van der Waals surface area contributed by atoms with Crippen molar-refractivity contribution in [2.45, 2.75) is 92.1 Å². The summed E-state index contributed by atoms with van der Waals surface area (Å²) in [5, 5.41) is 0. The summed E-state index contributed by atoms with van der Waals surface area (Å²) in [4.78, 5) is 0. The van der Waals surface area contributed by atoms with Gasteiger partial charge in [-0.2, -0.15) is 0 Å². The molecule has 262 valence electrons. The van der Waals surface area contributed by atoms with Crippen LogP contribution in [0.1, 0.15) is 83.1 Å². The Labute approximate surface area is 289 Å². The van der Waals surface area contributed by atoms with Gasteiger partial charge < -0.3 is 53.1 Å². The second kappa shape index (κ2) is 26.2. The summed E-state index contributed by atoms with van der Waals surface area (Å²) in [7, 11) is -14.7. The van der Waals surface area contributed by atoms with E-state index < -0.39 is 44.2 Å². The van der Waals surface area contributed by atoms with E-state index in [2.05, 4.69) is 0 Å². The predicted octanol–water partition coefficient (Wildman–Crippen LogP) is 4.16. The minimum absolute atomic E-state index is 0. The molecule has 0 saturated carbocycles. The van der Waals surface area contributed by atoms with Crippen LogP contribution in [0.3, 0.4) is 0 Å². The van der Waals surface area contributed by atoms with Crippen LogP contribution < -0.4 is 0 Å². The van der Waals surface area contributed by atoms with Gasteiger partial charge in [0.05, 0.1) is 0 Å². The molecule has 0 atom stereocenters. The minimum atomic E-state index is -3.67. The molecule has 0 amide bonds. The summed E-state index contributed by atoms with van der Waals surface area (Å²) in [6.07, 6.45) is 0. The zero-order chi connectivity index (χ0) is 32.8. The van der Waals surface area contributed by atoms with E-state index in [1.807, 2.05) is 83.1 Å². The molecule has 0 saturated heterocycles. The first kappa shape index (κ1) is 47.5. The standard InChI is InChI=1S/C26H62O12SSi4.Li.H/c1-13-27-40(28-14-2,29-15-3)25(41(30-16-4,31-17-5)32-18-6)39-26(42(33-19-7,34-20-8)35-21-9)43(36-22-10,37-23-11)38-24-12;;/h25-26H,13-24H2,1-12H3;;. The Kier molecular flexibility index (Phi) is 28.3. The zero-order valence-corrected chi connectivity index (χ0v) is 33.8. The van der Waals surface area contributed by atoms with Crippen LogP contribution in [-0.4, -0.2) is 142 Å². The van der Waals surface area contributed by atoms with Crippen LogP contribution in [0, 0.1) is 0 Å². The molecule has 0 aromatic carbocycles. The molecule has 0 rings (SSSR count). The van der Waals surface area contributed by atoms with E-state index in [1.54, 1.807) is 0 Å². The van der Waals surface area contributed by atoms with E-state index in [4.69, 9.17) is 53.1 Å². The summed E-state index contributed by atoms with van der Waals surface area (Å²) < 4.78 is 77.3. The van der Waals surface area contributed by atoms with Crippen molar-refractivity contribution < 1.29 is 53.1 Å². The normalized spacial score (nSPS) is 13.2. The Morgan fingerprint density at radius 3 is 0.500 bits per heavy atom. The van der Waals surface area contributed by atoms with E-state index in [9.17, 15) is 0 Å². The van der Waals surface area contributed by atoms with Crippen LogP contribution in [0.4, 0.5) is 0 Å². The van der Waals surface area contributed by atoms with E-state index in [1.165, 1.54) is 11.8 Å². The predicted molar refractivity (Wildman–Crippen MR) is 185 cm³/mol. The van der Waals surface area contributed by atoms with Gasteiger partial charge in [-0.3, -0.25) is 0 Å². The van der Waals surface area contributed by atoms with Crippen molar-refractivity contribution in [3.8, 4) is 0 Å². The summed E-state index contributed by atoms with van der Waals surface area (Å²) in [5.74, 6) is 0. The maximum absolute atomic E-state index is 6.56. The average Bonchev–Trinajstić information content (AvgIpc) is 2.95. The fraction of sp³-hybridized carbons (Fsp3) is 1.00. The molecular formula is C26H63LiO12SSi4. The first-order valence-corrected chi connectivity index (χ1v) is 24.2. The maximum atomic E-state index is 6.56. The van der Waals surface area contributed by atoms with Gasteiger partial charge in [-0.25, -0.2) is 0 Å². The molecule has 0 heterocycles. The van der Waals surface area contributed by atoms with Crippen molar-refractivity contribution in [2.75, 3.05) is 79.3 Å². The van der Waals surface area contributed by atoms with Gasteiger partial charge in [-0.1, -0.05) is 0 Å². The van der Waals surface area contributed by atoms with Crippen molar-refractivity contribution >= 4 is 65.8 Å². The van der Waals surface area contributed by atoms with Crippen molar-refractivity contribution in [1.29, 1.82) is 0 Å². The molecule has 0 aliphatic heterocycles. The van der Waals surface area contributed by atoms with E-state index >= 15 is 0 Å². The molecule has 0 unspecified atom stereocenters. The Hall–Kier alpha value is 1.33. The first-order valence-electron chi connectivity index (χ1n) is 16.0. The van der Waals surface area contributed by atoms with Crippen LogP contribution in [0.25, 0.3) is 0 Å². The van der Waals surface area contributed by atoms with Gasteiger partial charge in [0.25, 0.3) is 0 Å². The van der Waals surface area contributed by atoms with Crippen molar-refractivity contribution in [2.24, 2.45) is 0 Å². The molecule has 0 aromatic rings. The number of hydrogen-bond acceptors (Lipinski definition) is 13. The quantitative estimate of drug-likeness (QED) is 0.0993. The molecule has 44 heavy (non-hydrogen) atoms. The molecule has 18 heteroatoms. The number of hydrogen-bond donors (Lipinski definition) is 0. The molecular weight excluding hydrogens is 656 g/mol. The Morgan fingerprint density at radius 2 is 0.409 bits per heavy atom. The van der Waals surface area contributed by atoms with Gasteiger partial charge in [-0.05, 0) is 83.1 Å². The molecule has 0 bridgehead atoms. The SMILES string of the molecule is CCO[Si](OCC)(OCC)C(SC([Si](OCC)(OCC)OCC)[Si](OCC)(OCC)OCC)[Si](OCC)(OCC)OCC.[LiH]. The van der Waals surface area contributed by atoms with Gasteiger partial charge in [-0.15, -0.1) is 11.8 Å². The summed E-state index contributed by atoms with van der Waals surface area (Å²) in [6, 6.07) is 0. The van der Waals surface area contributed by atoms with Gasteiger partial charge >= 0.3 is 54.1 Å². The molecule has 0 fully saturated rings. The van der Waals surface area contributed by atoms with Gasteiger partial charge in [0.2, 0.25) is 0 Å². The van der Waals surface area contributed by atoms with Crippen LogP contribution in [0.2, 0.25) is 0 Å². The second-order valence-corrected chi connectivity index (χ2v) is 23.2. The zero-order valence-electron chi connectivity index (χ0n) is 28.9. The molecule has 0 N–H and O–H groups in total. The van der Waals surface area contributed by atoms with E-state index in [0.29, 0.717) is 79.3 Å². The van der Waals surface area contributed by atoms with Crippen molar-refractivity contribution in [1.82, 2.24) is 0 Å². The average molecular weight is 719 g/mol. The van der Waals surface area contributed by atoms with Crippen molar-refractivity contribution in [3.05, 3.63) is 0 Å². The van der Waals surface area contributed by atoms with Gasteiger partial charge in [0.15, 0.2) is 0 Å². The number of rotatable bonds is 30. The molecule has 0 aliphatic carbocycles. The van der Waals surface area contributed by atoms with Crippen LogP contribution in [0.15, 0.2) is 0 Å². The third-order valence-corrected chi connectivity index (χ3v) is 26.4. The summed E-state index contributed by atoms with van der Waals surface area (Å²) >= 11 is 1.44. The second-order valence-electron chi connectivity index (χ2n) is 8.51. The third kappa shape index (κ3) is 13.0. The van der Waals surface area contributed by atoms with E-state index in [-0.39, 0.29) is 18.9 Å². The summed E-state index contributed by atoms with van der Waals surface area (Å²) in [6.45, 7) is 27.2. The molecule has 0 spiro atoms. The van der Waals surface area contributed by atoms with Crippen molar-refractivity contribution in [3.63, 3.8) is 0 Å². The summed E-state index contributed by atoms with van der Waals surface area (Å²) in [5.41, 5.74) is 0. The topological polar surface area (TPSA) is 111 Å². The fourth-order valence-electron chi connectivity index (χ4n) is 4.72. The molecule has 0 aromatic heterocycles. The fourth-order valence-corrected chi connectivity index (χ4v) is 27.5. The van der Waals surface area contributed by atoms with Crippen LogP contribution in [-0.2, 0) is 53.1 Å². The van der Waals surface area contributed by atoms with Gasteiger partial charge in [0, 0.05) is 79.3 Å². The Bertz CT molecular complexity index is 521.